The third-order valence-electron chi connectivity index (χ3n) is 1.77. The first kappa shape index (κ1) is 8.50. The van der Waals surface area contributed by atoms with Crippen molar-refractivity contribution in [1.82, 2.24) is 4.98 Å². The van der Waals surface area contributed by atoms with Crippen LogP contribution < -0.4 is 0 Å². The molecule has 0 radical (unpaired) electrons. The van der Waals surface area contributed by atoms with E-state index in [-0.39, 0.29) is 11.6 Å². The standard InChI is InChI=1S/C10H7NO3/c12-6-8-10(13)14-9(11-8)7-4-2-1-3-5-7/h1-6,13H. The second-order valence-electron chi connectivity index (χ2n) is 2.69. The Balaban J connectivity index is 2.48. The summed E-state index contributed by atoms with van der Waals surface area (Å²) in [5.74, 6) is -0.205. The van der Waals surface area contributed by atoms with Gasteiger partial charge in [-0.1, -0.05) is 18.2 Å². The Morgan fingerprint density at radius 1 is 1.29 bits per heavy atom. The van der Waals surface area contributed by atoms with E-state index in [0.29, 0.717) is 6.29 Å². The van der Waals surface area contributed by atoms with E-state index in [9.17, 15) is 4.79 Å². The number of aldehydes is 1. The fourth-order valence-electron chi connectivity index (χ4n) is 1.10. The van der Waals surface area contributed by atoms with Crippen molar-refractivity contribution in [3.8, 4) is 17.4 Å². The molecule has 0 atom stereocenters. The first-order chi connectivity index (χ1) is 6.81. The summed E-state index contributed by atoms with van der Waals surface area (Å²) in [5.41, 5.74) is 0.639. The molecule has 4 heteroatoms. The van der Waals surface area contributed by atoms with Crippen LogP contribution in [0.15, 0.2) is 34.7 Å². The smallest absolute Gasteiger partial charge is 0.314 e. The molecule has 0 fully saturated rings. The van der Waals surface area contributed by atoms with Crippen LogP contribution in [0.4, 0.5) is 0 Å². The van der Waals surface area contributed by atoms with E-state index in [1.54, 1.807) is 12.1 Å². The minimum absolute atomic E-state index is 0.0798. The van der Waals surface area contributed by atoms with Gasteiger partial charge in [0.05, 0.1) is 0 Å². The molecule has 0 saturated heterocycles. The van der Waals surface area contributed by atoms with Crippen molar-refractivity contribution >= 4 is 6.29 Å². The highest BCUT2D eigenvalue weighted by Crippen LogP contribution is 2.24. The van der Waals surface area contributed by atoms with Crippen LogP contribution in [0.2, 0.25) is 0 Å². The summed E-state index contributed by atoms with van der Waals surface area (Å²) in [7, 11) is 0. The molecule has 4 nitrogen and oxygen atoms in total. The van der Waals surface area contributed by atoms with Gasteiger partial charge >= 0.3 is 5.95 Å². The molecule has 0 aliphatic rings. The predicted molar refractivity (Wildman–Crippen MR) is 49.0 cm³/mol. The average Bonchev–Trinajstić information content (AvgIpc) is 2.61. The molecule has 0 spiro atoms. The number of hydrogen-bond acceptors (Lipinski definition) is 4. The van der Waals surface area contributed by atoms with Crippen molar-refractivity contribution in [2.45, 2.75) is 0 Å². The lowest BCUT2D eigenvalue weighted by molar-refractivity contribution is 0.111. The summed E-state index contributed by atoms with van der Waals surface area (Å²) >= 11 is 0. The molecular formula is C10H7NO3. The van der Waals surface area contributed by atoms with E-state index in [4.69, 9.17) is 9.52 Å². The molecule has 1 aromatic heterocycles. The minimum atomic E-state index is -0.446. The average molecular weight is 189 g/mol. The number of nitrogens with zero attached hydrogens (tertiary/aromatic N) is 1. The van der Waals surface area contributed by atoms with Crippen LogP contribution >= 0.6 is 0 Å². The number of aromatic hydroxyl groups is 1. The Hall–Kier alpha value is -2.10. The number of aromatic nitrogens is 1. The monoisotopic (exact) mass is 189 g/mol. The first-order valence-electron chi connectivity index (χ1n) is 4.01. The van der Waals surface area contributed by atoms with Gasteiger partial charge in [0.1, 0.15) is 0 Å². The third-order valence-corrected chi connectivity index (χ3v) is 1.77. The van der Waals surface area contributed by atoms with Gasteiger partial charge in [0, 0.05) is 5.56 Å². The molecule has 14 heavy (non-hydrogen) atoms. The fraction of sp³-hybridized carbons (Fsp3) is 0. The molecular weight excluding hydrogens is 182 g/mol. The van der Waals surface area contributed by atoms with E-state index in [2.05, 4.69) is 4.98 Å². The van der Waals surface area contributed by atoms with Crippen molar-refractivity contribution in [2.24, 2.45) is 0 Å². The summed E-state index contributed by atoms with van der Waals surface area (Å²) in [4.78, 5) is 14.2. The van der Waals surface area contributed by atoms with Gasteiger partial charge in [-0.05, 0) is 12.1 Å². The summed E-state index contributed by atoms with van der Waals surface area (Å²) in [6.45, 7) is 0. The normalized spacial score (nSPS) is 10.0. The van der Waals surface area contributed by atoms with Gasteiger partial charge in [0.15, 0.2) is 12.0 Å². The van der Waals surface area contributed by atoms with E-state index in [1.165, 1.54) is 0 Å². The molecule has 0 aliphatic heterocycles. The number of carbonyl (C=O) groups is 1. The summed E-state index contributed by atoms with van der Waals surface area (Å²) in [6.07, 6.45) is 0.450. The highest BCUT2D eigenvalue weighted by Gasteiger charge is 2.11. The van der Waals surface area contributed by atoms with Crippen molar-refractivity contribution in [3.05, 3.63) is 36.0 Å². The molecule has 0 amide bonds. The molecule has 0 saturated carbocycles. The van der Waals surface area contributed by atoms with Gasteiger partial charge in [0.25, 0.3) is 0 Å². The topological polar surface area (TPSA) is 63.3 Å². The molecule has 70 valence electrons. The predicted octanol–water partition coefficient (Wildman–Crippen LogP) is 1.86. The van der Waals surface area contributed by atoms with Crippen LogP contribution in [-0.2, 0) is 0 Å². The Kier molecular flexibility index (Phi) is 2.02. The highest BCUT2D eigenvalue weighted by molar-refractivity contribution is 5.76. The van der Waals surface area contributed by atoms with E-state index in [1.807, 2.05) is 18.2 Å². The van der Waals surface area contributed by atoms with Crippen LogP contribution in [0.5, 0.6) is 5.95 Å². The maximum Gasteiger partial charge on any atom is 0.314 e. The van der Waals surface area contributed by atoms with Crippen LogP contribution in [0.1, 0.15) is 10.5 Å². The van der Waals surface area contributed by atoms with Crippen LogP contribution in [0.25, 0.3) is 11.5 Å². The summed E-state index contributed by atoms with van der Waals surface area (Å²) < 4.78 is 4.90. The van der Waals surface area contributed by atoms with Gasteiger partial charge < -0.3 is 9.52 Å². The van der Waals surface area contributed by atoms with Crippen molar-refractivity contribution in [3.63, 3.8) is 0 Å². The maximum atomic E-state index is 10.4. The third kappa shape index (κ3) is 1.37. The Labute approximate surface area is 79.8 Å². The van der Waals surface area contributed by atoms with Crippen molar-refractivity contribution in [2.75, 3.05) is 0 Å². The largest absolute Gasteiger partial charge is 0.479 e. The summed E-state index contributed by atoms with van der Waals surface area (Å²) in [5, 5.41) is 9.13. The van der Waals surface area contributed by atoms with Crippen molar-refractivity contribution in [1.29, 1.82) is 0 Å². The molecule has 2 rings (SSSR count). The number of benzene rings is 1. The van der Waals surface area contributed by atoms with Gasteiger partial charge in [-0.2, -0.15) is 0 Å². The SMILES string of the molecule is O=Cc1nc(-c2ccccc2)oc1O. The second-order valence-corrected chi connectivity index (χ2v) is 2.69. The Morgan fingerprint density at radius 2 is 2.00 bits per heavy atom. The highest BCUT2D eigenvalue weighted by atomic mass is 16.5. The molecule has 0 bridgehead atoms. The maximum absolute atomic E-state index is 10.4. The van der Waals surface area contributed by atoms with Gasteiger partial charge in [-0.3, -0.25) is 4.79 Å². The molecule has 1 N–H and O–H groups in total. The zero-order chi connectivity index (χ0) is 9.97. The van der Waals surface area contributed by atoms with Gasteiger partial charge in [-0.15, -0.1) is 0 Å². The van der Waals surface area contributed by atoms with Gasteiger partial charge in [0.2, 0.25) is 5.89 Å². The van der Waals surface area contributed by atoms with E-state index < -0.39 is 5.95 Å². The fourth-order valence-corrected chi connectivity index (χ4v) is 1.10. The molecule has 2 aromatic rings. The number of carbonyl (C=O) groups excluding carboxylic acids is 1. The van der Waals surface area contributed by atoms with E-state index in [0.717, 1.165) is 5.56 Å². The van der Waals surface area contributed by atoms with Crippen molar-refractivity contribution < 1.29 is 14.3 Å². The second kappa shape index (κ2) is 3.33. The number of rotatable bonds is 2. The van der Waals surface area contributed by atoms with Gasteiger partial charge in [-0.25, -0.2) is 4.98 Å². The van der Waals surface area contributed by atoms with Crippen LogP contribution in [-0.4, -0.2) is 16.4 Å². The Bertz CT molecular complexity index is 448. The lowest BCUT2D eigenvalue weighted by atomic mass is 10.2. The lowest BCUT2D eigenvalue weighted by Crippen LogP contribution is -1.80. The minimum Gasteiger partial charge on any atom is -0.479 e. The zero-order valence-electron chi connectivity index (χ0n) is 7.18. The summed E-state index contributed by atoms with van der Waals surface area (Å²) in [6, 6.07) is 9.04. The van der Waals surface area contributed by atoms with Crippen LogP contribution in [0.3, 0.4) is 0 Å². The molecule has 0 aliphatic carbocycles. The molecule has 1 aromatic carbocycles. The first-order valence-corrected chi connectivity index (χ1v) is 4.01. The number of oxazole rings is 1. The van der Waals surface area contributed by atoms with E-state index >= 15 is 0 Å². The lowest BCUT2D eigenvalue weighted by Gasteiger charge is -1.91. The zero-order valence-corrected chi connectivity index (χ0v) is 7.18. The quantitative estimate of drug-likeness (QED) is 0.732. The molecule has 0 unspecified atom stereocenters. The number of hydrogen-bond donors (Lipinski definition) is 1. The Morgan fingerprint density at radius 3 is 2.57 bits per heavy atom. The van der Waals surface area contributed by atoms with Crippen LogP contribution in [0, 0.1) is 0 Å². The molecule has 1 heterocycles.